The van der Waals surface area contributed by atoms with Crippen LogP contribution in [0.5, 0.6) is 5.75 Å². The van der Waals surface area contributed by atoms with Crippen molar-refractivity contribution in [2.45, 2.75) is 6.42 Å². The number of nitrogens with zero attached hydrogens (tertiary/aromatic N) is 1. The molecule has 0 atom stereocenters. The third-order valence-electron chi connectivity index (χ3n) is 2.51. The molecule has 0 radical (unpaired) electrons. The van der Waals surface area contributed by atoms with Gasteiger partial charge in [0.15, 0.2) is 5.78 Å². The fourth-order valence-corrected chi connectivity index (χ4v) is 1.65. The summed E-state index contributed by atoms with van der Waals surface area (Å²) in [6.07, 6.45) is 3.53. The van der Waals surface area contributed by atoms with Gasteiger partial charge >= 0.3 is 0 Å². The molecular weight excluding hydrogens is 214 g/mol. The Morgan fingerprint density at radius 1 is 1.24 bits per heavy atom. The van der Waals surface area contributed by atoms with Crippen LogP contribution in [-0.2, 0) is 6.42 Å². The smallest absolute Gasteiger partial charge is 0.171 e. The highest BCUT2D eigenvalue weighted by Crippen LogP contribution is 2.18. The Kier molecular flexibility index (Phi) is 3.50. The highest BCUT2D eigenvalue weighted by Gasteiger charge is 2.12. The predicted molar refractivity (Wildman–Crippen MR) is 65.3 cm³/mol. The van der Waals surface area contributed by atoms with Crippen LogP contribution in [0.4, 0.5) is 0 Å². The van der Waals surface area contributed by atoms with E-state index >= 15 is 0 Å². The number of carbonyl (C=O) groups is 1. The van der Waals surface area contributed by atoms with Gasteiger partial charge in [-0.25, -0.2) is 0 Å². The van der Waals surface area contributed by atoms with Crippen LogP contribution in [0.3, 0.4) is 0 Å². The van der Waals surface area contributed by atoms with Gasteiger partial charge in [-0.3, -0.25) is 9.78 Å². The third-order valence-corrected chi connectivity index (χ3v) is 2.51. The number of Topliss-reactive ketones (excluding diaryl/α,β-unsaturated/α-hetero) is 1. The molecule has 3 heteroatoms. The minimum Gasteiger partial charge on any atom is -0.494 e. The fourth-order valence-electron chi connectivity index (χ4n) is 1.65. The topological polar surface area (TPSA) is 39.2 Å². The van der Waals surface area contributed by atoms with Crippen LogP contribution in [0, 0.1) is 0 Å². The van der Waals surface area contributed by atoms with Crippen LogP contribution in [0.2, 0.25) is 0 Å². The molecule has 0 aliphatic rings. The standard InChI is InChI=1S/C14H13NO2/c1-17-14-10-15-8-7-12(14)13(16)9-11-5-3-2-4-6-11/h2-8,10H,9H2,1H3. The summed E-state index contributed by atoms with van der Waals surface area (Å²) in [4.78, 5) is 16.0. The lowest BCUT2D eigenvalue weighted by Gasteiger charge is -2.06. The average molecular weight is 227 g/mol. The Balaban J connectivity index is 2.20. The summed E-state index contributed by atoms with van der Waals surface area (Å²) in [5.74, 6) is 0.559. The molecule has 1 aromatic carbocycles. The molecule has 0 aliphatic carbocycles. The second-order valence-electron chi connectivity index (χ2n) is 3.66. The van der Waals surface area contributed by atoms with Gasteiger partial charge in [-0.05, 0) is 11.6 Å². The minimum absolute atomic E-state index is 0.0375. The summed E-state index contributed by atoms with van der Waals surface area (Å²) in [6.45, 7) is 0. The maximum atomic E-state index is 12.1. The van der Waals surface area contributed by atoms with Crippen molar-refractivity contribution < 1.29 is 9.53 Å². The number of methoxy groups -OCH3 is 1. The molecule has 1 heterocycles. The van der Waals surface area contributed by atoms with Gasteiger partial charge in [0.25, 0.3) is 0 Å². The molecule has 0 bridgehead atoms. The minimum atomic E-state index is 0.0375. The number of ether oxygens (including phenoxy) is 1. The molecule has 0 aliphatic heterocycles. The van der Waals surface area contributed by atoms with Crippen molar-refractivity contribution in [2.24, 2.45) is 0 Å². The van der Waals surface area contributed by atoms with Crippen molar-refractivity contribution in [1.29, 1.82) is 0 Å². The van der Waals surface area contributed by atoms with Gasteiger partial charge in [0.2, 0.25) is 0 Å². The van der Waals surface area contributed by atoms with Crippen molar-refractivity contribution in [3.8, 4) is 5.75 Å². The zero-order chi connectivity index (χ0) is 12.1. The van der Waals surface area contributed by atoms with Gasteiger partial charge in [-0.15, -0.1) is 0 Å². The van der Waals surface area contributed by atoms with E-state index in [0.29, 0.717) is 17.7 Å². The summed E-state index contributed by atoms with van der Waals surface area (Å²) in [5.41, 5.74) is 1.57. The van der Waals surface area contributed by atoms with Gasteiger partial charge in [0, 0.05) is 12.6 Å². The van der Waals surface area contributed by atoms with Crippen LogP contribution in [0.1, 0.15) is 15.9 Å². The van der Waals surface area contributed by atoms with Crippen molar-refractivity contribution in [2.75, 3.05) is 7.11 Å². The molecule has 17 heavy (non-hydrogen) atoms. The Labute approximate surface area is 100 Å². The number of hydrogen-bond donors (Lipinski definition) is 0. The third kappa shape index (κ3) is 2.69. The van der Waals surface area contributed by atoms with Crippen molar-refractivity contribution in [3.63, 3.8) is 0 Å². The molecule has 0 unspecified atom stereocenters. The maximum absolute atomic E-state index is 12.1. The molecule has 86 valence electrons. The SMILES string of the molecule is COc1cnccc1C(=O)Cc1ccccc1. The highest BCUT2D eigenvalue weighted by atomic mass is 16.5. The second kappa shape index (κ2) is 5.25. The Hall–Kier alpha value is -2.16. The average Bonchev–Trinajstić information content (AvgIpc) is 2.40. The lowest BCUT2D eigenvalue weighted by Crippen LogP contribution is -2.05. The van der Waals surface area contributed by atoms with Gasteiger partial charge in [-0.2, -0.15) is 0 Å². The van der Waals surface area contributed by atoms with E-state index in [1.807, 2.05) is 30.3 Å². The molecular formula is C14H13NO2. The van der Waals surface area contributed by atoms with E-state index in [1.165, 1.54) is 7.11 Å². The van der Waals surface area contributed by atoms with Gasteiger partial charge in [-0.1, -0.05) is 30.3 Å². The lowest BCUT2D eigenvalue weighted by molar-refractivity contribution is 0.0990. The van der Waals surface area contributed by atoms with E-state index in [1.54, 1.807) is 18.5 Å². The van der Waals surface area contributed by atoms with Crippen LogP contribution < -0.4 is 4.74 Å². The van der Waals surface area contributed by atoms with Crippen molar-refractivity contribution in [1.82, 2.24) is 4.98 Å². The number of hydrogen-bond acceptors (Lipinski definition) is 3. The van der Waals surface area contributed by atoms with E-state index in [2.05, 4.69) is 4.98 Å². The first-order valence-electron chi connectivity index (χ1n) is 5.36. The molecule has 0 saturated carbocycles. The molecule has 3 nitrogen and oxygen atoms in total. The monoisotopic (exact) mass is 227 g/mol. The van der Waals surface area contributed by atoms with Crippen LogP contribution in [-0.4, -0.2) is 17.9 Å². The van der Waals surface area contributed by atoms with Crippen molar-refractivity contribution >= 4 is 5.78 Å². The predicted octanol–water partition coefficient (Wildman–Crippen LogP) is 2.52. The van der Waals surface area contributed by atoms with E-state index in [-0.39, 0.29) is 5.78 Å². The molecule has 2 rings (SSSR count). The number of aromatic nitrogens is 1. The van der Waals surface area contributed by atoms with Crippen molar-refractivity contribution in [3.05, 3.63) is 59.9 Å². The first-order chi connectivity index (χ1) is 8.31. The highest BCUT2D eigenvalue weighted by molar-refractivity contribution is 5.99. The summed E-state index contributed by atoms with van der Waals surface area (Å²) < 4.78 is 5.12. The number of pyridine rings is 1. The molecule has 0 saturated heterocycles. The summed E-state index contributed by atoms with van der Waals surface area (Å²) >= 11 is 0. The van der Waals surface area contributed by atoms with Gasteiger partial charge < -0.3 is 4.74 Å². The zero-order valence-electron chi connectivity index (χ0n) is 9.59. The second-order valence-corrected chi connectivity index (χ2v) is 3.66. The van der Waals surface area contributed by atoms with E-state index in [4.69, 9.17) is 4.74 Å². The lowest BCUT2D eigenvalue weighted by atomic mass is 10.0. The van der Waals surface area contributed by atoms with Gasteiger partial charge in [0.1, 0.15) is 5.75 Å². The normalized spacial score (nSPS) is 9.94. The largest absolute Gasteiger partial charge is 0.494 e. The summed E-state index contributed by atoms with van der Waals surface area (Å²) in [6, 6.07) is 11.3. The fraction of sp³-hybridized carbons (Fsp3) is 0.143. The van der Waals surface area contributed by atoms with Crippen LogP contribution in [0.25, 0.3) is 0 Å². The number of benzene rings is 1. The molecule has 0 fully saturated rings. The number of rotatable bonds is 4. The van der Waals surface area contributed by atoms with Crippen LogP contribution >= 0.6 is 0 Å². The van der Waals surface area contributed by atoms with E-state index in [9.17, 15) is 4.79 Å². The Morgan fingerprint density at radius 3 is 2.71 bits per heavy atom. The van der Waals surface area contributed by atoms with Crippen LogP contribution in [0.15, 0.2) is 48.8 Å². The van der Waals surface area contributed by atoms with E-state index < -0.39 is 0 Å². The Bertz CT molecular complexity index is 509. The molecule has 2 aromatic rings. The number of carbonyl (C=O) groups excluding carboxylic acids is 1. The summed E-state index contributed by atoms with van der Waals surface area (Å²) in [7, 11) is 1.54. The Morgan fingerprint density at radius 2 is 2.00 bits per heavy atom. The number of ketones is 1. The van der Waals surface area contributed by atoms with E-state index in [0.717, 1.165) is 5.56 Å². The molecule has 0 N–H and O–H groups in total. The maximum Gasteiger partial charge on any atom is 0.171 e. The van der Waals surface area contributed by atoms with Gasteiger partial charge in [0.05, 0.1) is 18.9 Å². The molecule has 0 amide bonds. The molecule has 1 aromatic heterocycles. The summed E-state index contributed by atoms with van der Waals surface area (Å²) in [5, 5.41) is 0. The first-order valence-corrected chi connectivity index (χ1v) is 5.36. The first kappa shape index (κ1) is 11.3. The quantitative estimate of drug-likeness (QED) is 0.753. The molecule has 0 spiro atoms. The zero-order valence-corrected chi connectivity index (χ0v) is 9.59.